The number of nitrogens with one attached hydrogen (secondary N) is 1. The summed E-state index contributed by atoms with van der Waals surface area (Å²) in [5, 5.41) is 6.43. The van der Waals surface area contributed by atoms with Crippen LogP contribution in [-0.2, 0) is 23.1 Å². The highest BCUT2D eigenvalue weighted by atomic mass is 127. The number of thiazole rings is 1. The van der Waals surface area contributed by atoms with Crippen LogP contribution in [0.25, 0.3) is 0 Å². The van der Waals surface area contributed by atoms with Gasteiger partial charge < -0.3 is 10.2 Å². The van der Waals surface area contributed by atoms with E-state index in [0.717, 1.165) is 28.8 Å². The molecule has 1 N–H and O–H groups in total. The Labute approximate surface area is 179 Å². The number of halogens is 1. The number of aliphatic imine (C=N–C) groups is 1. The van der Waals surface area contributed by atoms with E-state index in [9.17, 15) is 4.21 Å². The van der Waals surface area contributed by atoms with Gasteiger partial charge in [0.25, 0.3) is 0 Å². The predicted molar refractivity (Wildman–Crippen MR) is 123 cm³/mol. The normalized spacial score (nSPS) is 12.3. The van der Waals surface area contributed by atoms with Crippen LogP contribution in [-0.4, -0.2) is 45.9 Å². The molecule has 0 radical (unpaired) electrons. The quantitative estimate of drug-likeness (QED) is 0.339. The van der Waals surface area contributed by atoms with Crippen molar-refractivity contribution in [1.29, 1.82) is 0 Å². The Kier molecular flexibility index (Phi) is 11.0. The van der Waals surface area contributed by atoms with Crippen molar-refractivity contribution in [3.8, 4) is 0 Å². The van der Waals surface area contributed by atoms with Crippen molar-refractivity contribution < 1.29 is 4.21 Å². The molecule has 144 valence electrons. The van der Waals surface area contributed by atoms with Gasteiger partial charge in [0.05, 0.1) is 23.8 Å². The van der Waals surface area contributed by atoms with Gasteiger partial charge in [-0.1, -0.05) is 30.3 Å². The second-order valence-corrected chi connectivity index (χ2v) is 8.36. The molecule has 1 atom stereocenters. The SMILES string of the molecule is CCNC(=NCCS(=O)Cc1ccccc1)N(C)Cc1csc(C)n1.I. The van der Waals surface area contributed by atoms with E-state index in [2.05, 4.69) is 25.6 Å². The Balaban J connectivity index is 0.00000338. The maximum absolute atomic E-state index is 12.2. The number of aryl methyl sites for hydroxylation is 1. The van der Waals surface area contributed by atoms with Gasteiger partial charge in [0, 0.05) is 41.3 Å². The molecule has 8 heteroatoms. The summed E-state index contributed by atoms with van der Waals surface area (Å²) in [5.74, 6) is 1.97. The summed E-state index contributed by atoms with van der Waals surface area (Å²) in [5.41, 5.74) is 2.15. The first-order chi connectivity index (χ1) is 12.1. The van der Waals surface area contributed by atoms with Crippen molar-refractivity contribution in [3.05, 3.63) is 52.0 Å². The molecule has 0 aliphatic rings. The molecule has 0 saturated carbocycles. The molecular formula is C18H27IN4OS2. The van der Waals surface area contributed by atoms with Gasteiger partial charge >= 0.3 is 0 Å². The molecule has 26 heavy (non-hydrogen) atoms. The van der Waals surface area contributed by atoms with Crippen LogP contribution in [0, 0.1) is 6.92 Å². The van der Waals surface area contributed by atoms with Gasteiger partial charge in [0.15, 0.2) is 5.96 Å². The highest BCUT2D eigenvalue weighted by molar-refractivity contribution is 14.0. The summed E-state index contributed by atoms with van der Waals surface area (Å²) in [6, 6.07) is 9.94. The van der Waals surface area contributed by atoms with E-state index in [0.29, 0.717) is 24.6 Å². The fourth-order valence-electron chi connectivity index (χ4n) is 2.35. The molecule has 2 rings (SSSR count). The number of hydrogen-bond donors (Lipinski definition) is 1. The fraction of sp³-hybridized carbons (Fsp3) is 0.444. The summed E-state index contributed by atoms with van der Waals surface area (Å²) in [7, 11) is 1.09. The Hall–Kier alpha value is -1.00. The van der Waals surface area contributed by atoms with Crippen molar-refractivity contribution in [2.45, 2.75) is 26.1 Å². The summed E-state index contributed by atoms with van der Waals surface area (Å²) in [6.45, 7) is 6.11. The van der Waals surface area contributed by atoms with E-state index in [4.69, 9.17) is 0 Å². The van der Waals surface area contributed by atoms with Gasteiger partial charge in [0.2, 0.25) is 0 Å². The number of aromatic nitrogens is 1. The van der Waals surface area contributed by atoms with Gasteiger partial charge in [-0.15, -0.1) is 35.3 Å². The highest BCUT2D eigenvalue weighted by Gasteiger charge is 2.09. The van der Waals surface area contributed by atoms with Crippen LogP contribution < -0.4 is 5.32 Å². The zero-order chi connectivity index (χ0) is 18.1. The van der Waals surface area contributed by atoms with Crippen LogP contribution in [0.1, 0.15) is 23.2 Å². The lowest BCUT2D eigenvalue weighted by Gasteiger charge is -2.21. The topological polar surface area (TPSA) is 57.6 Å². The molecule has 1 heterocycles. The first kappa shape index (κ1) is 23.0. The third kappa shape index (κ3) is 8.13. The Morgan fingerprint density at radius 3 is 2.69 bits per heavy atom. The van der Waals surface area contributed by atoms with Crippen LogP contribution in [0.5, 0.6) is 0 Å². The standard InChI is InChI=1S/C18H26N4OS2.HI/c1-4-19-18(22(3)12-17-13-24-15(2)21-17)20-10-11-25(23)14-16-8-6-5-7-9-16;/h5-9,13H,4,10-12,14H2,1-3H3,(H,19,20);1H. The van der Waals surface area contributed by atoms with E-state index in [-0.39, 0.29) is 24.0 Å². The summed E-state index contributed by atoms with van der Waals surface area (Å²) < 4.78 is 12.2. The largest absolute Gasteiger partial charge is 0.357 e. The zero-order valence-electron chi connectivity index (χ0n) is 15.5. The molecule has 1 unspecified atom stereocenters. The summed E-state index contributed by atoms with van der Waals surface area (Å²) in [4.78, 5) is 11.2. The first-order valence-corrected chi connectivity index (χ1v) is 10.7. The molecule has 0 bridgehead atoms. The minimum absolute atomic E-state index is 0. The van der Waals surface area contributed by atoms with E-state index in [1.54, 1.807) is 11.3 Å². The van der Waals surface area contributed by atoms with Gasteiger partial charge in [0.1, 0.15) is 0 Å². The molecule has 0 aliphatic heterocycles. The van der Waals surface area contributed by atoms with Crippen molar-refractivity contribution >= 4 is 52.1 Å². The third-order valence-corrected chi connectivity index (χ3v) is 5.63. The van der Waals surface area contributed by atoms with Gasteiger partial charge in [-0.3, -0.25) is 9.20 Å². The lowest BCUT2D eigenvalue weighted by atomic mass is 10.2. The van der Waals surface area contributed by atoms with E-state index in [1.165, 1.54) is 0 Å². The van der Waals surface area contributed by atoms with E-state index < -0.39 is 10.8 Å². The minimum atomic E-state index is -0.903. The fourth-order valence-corrected chi connectivity index (χ4v) is 3.96. The summed E-state index contributed by atoms with van der Waals surface area (Å²) in [6.07, 6.45) is 0. The van der Waals surface area contributed by atoms with E-state index in [1.807, 2.05) is 51.2 Å². The minimum Gasteiger partial charge on any atom is -0.357 e. The van der Waals surface area contributed by atoms with Crippen LogP contribution in [0.3, 0.4) is 0 Å². The van der Waals surface area contributed by atoms with Crippen LogP contribution in [0.4, 0.5) is 0 Å². The average molecular weight is 506 g/mol. The smallest absolute Gasteiger partial charge is 0.194 e. The average Bonchev–Trinajstić information content (AvgIpc) is 2.99. The van der Waals surface area contributed by atoms with Crippen LogP contribution in [0.15, 0.2) is 40.7 Å². The van der Waals surface area contributed by atoms with Gasteiger partial charge in [-0.2, -0.15) is 0 Å². The first-order valence-electron chi connectivity index (χ1n) is 8.38. The highest BCUT2D eigenvalue weighted by Crippen LogP contribution is 2.10. The predicted octanol–water partition coefficient (Wildman–Crippen LogP) is 3.42. The monoisotopic (exact) mass is 506 g/mol. The maximum Gasteiger partial charge on any atom is 0.194 e. The lowest BCUT2D eigenvalue weighted by molar-refractivity contribution is 0.471. The molecule has 0 amide bonds. The maximum atomic E-state index is 12.2. The second kappa shape index (κ2) is 12.4. The number of guanidine groups is 1. The Morgan fingerprint density at radius 1 is 1.35 bits per heavy atom. The van der Waals surface area contributed by atoms with Gasteiger partial charge in [-0.25, -0.2) is 4.98 Å². The summed E-state index contributed by atoms with van der Waals surface area (Å²) >= 11 is 1.66. The number of hydrogen-bond acceptors (Lipinski definition) is 4. The molecular weight excluding hydrogens is 479 g/mol. The number of rotatable bonds is 8. The van der Waals surface area contributed by atoms with Crippen molar-refractivity contribution in [3.63, 3.8) is 0 Å². The molecule has 0 saturated heterocycles. The van der Waals surface area contributed by atoms with Crippen LogP contribution >= 0.6 is 35.3 Å². The van der Waals surface area contributed by atoms with E-state index >= 15 is 0 Å². The molecule has 5 nitrogen and oxygen atoms in total. The number of benzene rings is 1. The third-order valence-electron chi connectivity index (χ3n) is 3.51. The molecule has 2 aromatic rings. The van der Waals surface area contributed by atoms with Crippen molar-refractivity contribution in [2.75, 3.05) is 25.9 Å². The lowest BCUT2D eigenvalue weighted by Crippen LogP contribution is -2.38. The molecule has 0 fully saturated rings. The molecule has 0 spiro atoms. The number of nitrogens with zero attached hydrogens (tertiary/aromatic N) is 3. The van der Waals surface area contributed by atoms with Crippen LogP contribution in [0.2, 0.25) is 0 Å². The van der Waals surface area contributed by atoms with Gasteiger partial charge in [-0.05, 0) is 19.4 Å². The zero-order valence-corrected chi connectivity index (χ0v) is 19.4. The Morgan fingerprint density at radius 2 is 2.08 bits per heavy atom. The second-order valence-electron chi connectivity index (χ2n) is 5.72. The molecule has 0 aliphatic carbocycles. The van der Waals surface area contributed by atoms with Crippen molar-refractivity contribution in [2.24, 2.45) is 4.99 Å². The molecule has 1 aromatic heterocycles. The Bertz CT molecular complexity index is 706. The van der Waals surface area contributed by atoms with Crippen molar-refractivity contribution in [1.82, 2.24) is 15.2 Å². The molecule has 1 aromatic carbocycles.